The van der Waals surface area contributed by atoms with Gasteiger partial charge in [-0.2, -0.15) is 0 Å². The minimum atomic E-state index is -0.499. The zero-order valence-electron chi connectivity index (χ0n) is 17.6. The third kappa shape index (κ3) is 5.54. The number of methoxy groups -OCH3 is 2. The lowest BCUT2D eigenvalue weighted by molar-refractivity contribution is -0.139. The highest BCUT2D eigenvalue weighted by Gasteiger charge is 2.26. The van der Waals surface area contributed by atoms with Gasteiger partial charge in [-0.25, -0.2) is 9.78 Å². The van der Waals surface area contributed by atoms with Crippen LogP contribution in [0, 0.1) is 13.8 Å². The molecular weight excluding hydrogens is 372 g/mol. The number of esters is 2. The van der Waals surface area contributed by atoms with Crippen LogP contribution in [0.4, 0.5) is 5.82 Å². The van der Waals surface area contributed by atoms with Gasteiger partial charge >= 0.3 is 11.9 Å². The normalized spacial score (nSPS) is 10.5. The first-order valence-corrected chi connectivity index (χ1v) is 9.50. The number of anilines is 1. The molecule has 0 amide bonds. The molecule has 0 atom stereocenters. The van der Waals surface area contributed by atoms with Crippen LogP contribution in [0.15, 0.2) is 24.3 Å². The Balaban J connectivity index is 2.76. The summed E-state index contributed by atoms with van der Waals surface area (Å²) in [6, 6.07) is 7.76. The molecular formula is C22H28N2O5. The summed E-state index contributed by atoms with van der Waals surface area (Å²) in [5.41, 5.74) is 4.10. The summed E-state index contributed by atoms with van der Waals surface area (Å²) in [5, 5.41) is 3.16. The lowest BCUT2D eigenvalue weighted by Gasteiger charge is -2.20. The van der Waals surface area contributed by atoms with E-state index in [0.717, 1.165) is 11.1 Å². The smallest absolute Gasteiger partial charge is 0.342 e. The maximum Gasteiger partial charge on any atom is 0.342 e. The van der Waals surface area contributed by atoms with Crippen molar-refractivity contribution in [3.63, 3.8) is 0 Å². The van der Waals surface area contributed by atoms with E-state index in [-0.39, 0.29) is 13.0 Å². The molecule has 0 bridgehead atoms. The van der Waals surface area contributed by atoms with Crippen molar-refractivity contribution in [3.05, 3.63) is 46.6 Å². The topological polar surface area (TPSA) is 86.8 Å². The number of benzene rings is 1. The summed E-state index contributed by atoms with van der Waals surface area (Å²) in [6.07, 6.45) is 0.00327. The number of ether oxygens (including phenoxy) is 3. The Morgan fingerprint density at radius 2 is 1.79 bits per heavy atom. The van der Waals surface area contributed by atoms with Crippen molar-refractivity contribution < 1.29 is 23.8 Å². The molecule has 2 aromatic rings. The van der Waals surface area contributed by atoms with Crippen LogP contribution >= 0.6 is 0 Å². The van der Waals surface area contributed by atoms with Crippen molar-refractivity contribution in [3.8, 4) is 11.1 Å². The molecule has 0 fully saturated rings. The molecule has 0 saturated carbocycles. The van der Waals surface area contributed by atoms with Gasteiger partial charge in [0.05, 0.1) is 26.7 Å². The standard InChI is InChI=1S/C22H28N2O5/c1-6-29-22(26)20-19(16-9-7-14(2)8-10-16)17(13-18(25)28-5)15(3)24-21(20)23-11-12-27-4/h7-10H,6,11-13H2,1-5H3,(H,23,24). The average Bonchev–Trinajstić information content (AvgIpc) is 2.70. The Labute approximate surface area is 171 Å². The molecule has 2 rings (SSSR count). The fourth-order valence-electron chi connectivity index (χ4n) is 3.01. The van der Waals surface area contributed by atoms with Crippen LogP contribution < -0.4 is 5.32 Å². The lowest BCUT2D eigenvalue weighted by atomic mass is 9.91. The van der Waals surface area contributed by atoms with Gasteiger partial charge in [-0.05, 0) is 31.9 Å². The third-order valence-corrected chi connectivity index (χ3v) is 4.47. The number of nitrogens with one attached hydrogen (secondary N) is 1. The van der Waals surface area contributed by atoms with Crippen LogP contribution in [0.2, 0.25) is 0 Å². The lowest BCUT2D eigenvalue weighted by Crippen LogP contribution is -2.19. The van der Waals surface area contributed by atoms with Crippen LogP contribution in [0.25, 0.3) is 11.1 Å². The Bertz CT molecular complexity index is 862. The monoisotopic (exact) mass is 400 g/mol. The predicted octanol–water partition coefficient (Wildman–Crippen LogP) is 3.32. The number of hydrogen-bond acceptors (Lipinski definition) is 7. The molecule has 1 heterocycles. The van der Waals surface area contributed by atoms with Gasteiger partial charge in [-0.3, -0.25) is 4.79 Å². The number of rotatable bonds is 9. The van der Waals surface area contributed by atoms with Crippen molar-refractivity contribution in [1.82, 2.24) is 4.98 Å². The van der Waals surface area contributed by atoms with Gasteiger partial charge in [0.25, 0.3) is 0 Å². The molecule has 1 aromatic heterocycles. The van der Waals surface area contributed by atoms with Crippen LogP contribution in [-0.2, 0) is 25.4 Å². The number of hydrogen-bond donors (Lipinski definition) is 1. The highest BCUT2D eigenvalue weighted by Crippen LogP contribution is 2.35. The zero-order chi connectivity index (χ0) is 21.4. The van der Waals surface area contributed by atoms with E-state index in [1.165, 1.54) is 7.11 Å². The van der Waals surface area contributed by atoms with Gasteiger partial charge in [0, 0.05) is 24.9 Å². The molecule has 29 heavy (non-hydrogen) atoms. The maximum atomic E-state index is 12.9. The molecule has 0 saturated heterocycles. The van der Waals surface area contributed by atoms with Crippen LogP contribution in [0.3, 0.4) is 0 Å². The number of aromatic nitrogens is 1. The van der Waals surface area contributed by atoms with E-state index in [4.69, 9.17) is 14.2 Å². The Morgan fingerprint density at radius 1 is 1.10 bits per heavy atom. The molecule has 0 unspecified atom stereocenters. The first-order valence-electron chi connectivity index (χ1n) is 9.50. The van der Waals surface area contributed by atoms with E-state index < -0.39 is 11.9 Å². The molecule has 0 spiro atoms. The van der Waals surface area contributed by atoms with Crippen LogP contribution in [0.5, 0.6) is 0 Å². The predicted molar refractivity (Wildman–Crippen MR) is 111 cm³/mol. The van der Waals surface area contributed by atoms with Gasteiger partial charge in [-0.1, -0.05) is 29.8 Å². The second kappa shape index (κ2) is 10.6. The van der Waals surface area contributed by atoms with Gasteiger partial charge < -0.3 is 19.5 Å². The van der Waals surface area contributed by atoms with E-state index in [9.17, 15) is 9.59 Å². The number of carbonyl (C=O) groups excluding carboxylic acids is 2. The second-order valence-corrected chi connectivity index (χ2v) is 6.53. The summed E-state index contributed by atoms with van der Waals surface area (Å²) >= 11 is 0. The van der Waals surface area contributed by atoms with Crippen LogP contribution in [0.1, 0.15) is 34.1 Å². The first kappa shape index (κ1) is 22.4. The van der Waals surface area contributed by atoms with Crippen LogP contribution in [-0.4, -0.2) is 50.9 Å². The van der Waals surface area contributed by atoms with E-state index in [0.29, 0.717) is 41.4 Å². The van der Waals surface area contributed by atoms with E-state index in [1.54, 1.807) is 14.0 Å². The molecule has 156 valence electrons. The molecule has 0 aliphatic rings. The Hall–Kier alpha value is -2.93. The third-order valence-electron chi connectivity index (χ3n) is 4.47. The van der Waals surface area contributed by atoms with Gasteiger partial charge in [0.1, 0.15) is 11.4 Å². The van der Waals surface area contributed by atoms with Gasteiger partial charge in [-0.15, -0.1) is 0 Å². The average molecular weight is 400 g/mol. The quantitative estimate of drug-likeness (QED) is 0.510. The Kier molecular flexibility index (Phi) is 8.15. The molecule has 1 aromatic carbocycles. The van der Waals surface area contributed by atoms with Gasteiger partial charge in [0.15, 0.2) is 0 Å². The van der Waals surface area contributed by atoms with Crippen molar-refractivity contribution in [2.75, 3.05) is 39.3 Å². The van der Waals surface area contributed by atoms with Crippen molar-refractivity contribution in [2.24, 2.45) is 0 Å². The van der Waals surface area contributed by atoms with E-state index >= 15 is 0 Å². The van der Waals surface area contributed by atoms with E-state index in [2.05, 4.69) is 10.3 Å². The fourth-order valence-corrected chi connectivity index (χ4v) is 3.01. The summed E-state index contributed by atoms with van der Waals surface area (Å²) < 4.78 is 15.3. The number of nitrogens with zero attached hydrogens (tertiary/aromatic N) is 1. The van der Waals surface area contributed by atoms with Crippen molar-refractivity contribution in [2.45, 2.75) is 27.2 Å². The summed E-state index contributed by atoms with van der Waals surface area (Å²) in [5.74, 6) is -0.498. The largest absolute Gasteiger partial charge is 0.469 e. The maximum absolute atomic E-state index is 12.9. The highest BCUT2D eigenvalue weighted by atomic mass is 16.5. The molecule has 1 N–H and O–H groups in total. The SMILES string of the molecule is CCOC(=O)c1c(NCCOC)nc(C)c(CC(=O)OC)c1-c1ccc(C)cc1. The number of carbonyl (C=O) groups is 2. The fraction of sp³-hybridized carbons (Fsp3) is 0.409. The van der Waals surface area contributed by atoms with E-state index in [1.807, 2.05) is 38.1 Å². The minimum Gasteiger partial charge on any atom is -0.469 e. The minimum absolute atomic E-state index is 0.00327. The summed E-state index contributed by atoms with van der Waals surface area (Å²) in [6.45, 7) is 6.70. The summed E-state index contributed by atoms with van der Waals surface area (Å²) in [7, 11) is 2.94. The molecule has 0 aliphatic carbocycles. The molecule has 0 aliphatic heterocycles. The number of aryl methyl sites for hydroxylation is 2. The van der Waals surface area contributed by atoms with Crippen molar-refractivity contribution >= 4 is 17.8 Å². The molecule has 0 radical (unpaired) electrons. The zero-order valence-corrected chi connectivity index (χ0v) is 17.6. The summed E-state index contributed by atoms with van der Waals surface area (Å²) in [4.78, 5) is 29.6. The molecule has 7 heteroatoms. The first-order chi connectivity index (χ1) is 13.9. The Morgan fingerprint density at radius 3 is 2.38 bits per heavy atom. The van der Waals surface area contributed by atoms with Crippen molar-refractivity contribution in [1.29, 1.82) is 0 Å². The second-order valence-electron chi connectivity index (χ2n) is 6.53. The van der Waals surface area contributed by atoms with Gasteiger partial charge in [0.2, 0.25) is 0 Å². The number of pyridine rings is 1. The molecule has 7 nitrogen and oxygen atoms in total. The highest BCUT2D eigenvalue weighted by molar-refractivity contribution is 6.03.